The zero-order valence-corrected chi connectivity index (χ0v) is 15.5. The van der Waals surface area contributed by atoms with Gasteiger partial charge in [-0.3, -0.25) is 19.8 Å². The molecular weight excluding hydrogens is 356 g/mol. The van der Waals surface area contributed by atoms with Gasteiger partial charge in [-0.15, -0.1) is 0 Å². The van der Waals surface area contributed by atoms with Gasteiger partial charge in [-0.2, -0.15) is 0 Å². The molecule has 1 heterocycles. The lowest BCUT2D eigenvalue weighted by Crippen LogP contribution is -2.61. The van der Waals surface area contributed by atoms with Gasteiger partial charge in [0, 0.05) is 34.6 Å². The number of nitrogens with one attached hydrogen (secondary N) is 2. The highest BCUT2D eigenvalue weighted by Crippen LogP contribution is 2.09. The summed E-state index contributed by atoms with van der Waals surface area (Å²) in [5.74, 6) is 9.94. The molecule has 2 aromatic rings. The summed E-state index contributed by atoms with van der Waals surface area (Å²) in [7, 11) is 0. The van der Waals surface area contributed by atoms with Crippen LogP contribution in [0, 0.1) is 23.7 Å². The average Bonchev–Trinajstić information content (AvgIpc) is 2.69. The number of hydroxylamine groups is 1. The van der Waals surface area contributed by atoms with Crippen LogP contribution in [0.4, 0.5) is 0 Å². The van der Waals surface area contributed by atoms with Crippen molar-refractivity contribution in [1.29, 1.82) is 0 Å². The fourth-order valence-electron chi connectivity index (χ4n) is 2.22. The zero-order chi connectivity index (χ0) is 20.6. The third-order valence-electron chi connectivity index (χ3n) is 3.68. The first-order chi connectivity index (χ1) is 13.3. The number of hydrogen-bond donors (Lipinski definition) is 4. The van der Waals surface area contributed by atoms with Crippen molar-refractivity contribution in [3.63, 3.8) is 0 Å². The van der Waals surface area contributed by atoms with Crippen LogP contribution in [0.1, 0.15) is 35.3 Å². The van der Waals surface area contributed by atoms with Gasteiger partial charge in [-0.25, -0.2) is 5.48 Å². The smallest absolute Gasteiger partial charge is 0.267 e. The predicted octanol–water partition coefficient (Wildman–Crippen LogP) is 0.826. The van der Waals surface area contributed by atoms with Crippen molar-refractivity contribution in [2.75, 3.05) is 0 Å². The molecule has 0 fully saturated rings. The number of aromatic nitrogens is 1. The zero-order valence-electron chi connectivity index (χ0n) is 15.5. The summed E-state index contributed by atoms with van der Waals surface area (Å²) in [5, 5.41) is 11.3. The number of nitrogens with two attached hydrogens (primary N) is 1. The van der Waals surface area contributed by atoms with E-state index in [2.05, 4.69) is 34.0 Å². The third kappa shape index (κ3) is 5.96. The first kappa shape index (κ1) is 20.7. The molecule has 0 unspecified atom stereocenters. The molecule has 0 radical (unpaired) electrons. The normalized spacial score (nSPS) is 11.1. The van der Waals surface area contributed by atoms with Gasteiger partial charge in [0.15, 0.2) is 0 Å². The van der Waals surface area contributed by atoms with E-state index in [0.717, 1.165) is 5.56 Å². The maximum absolute atomic E-state index is 12.4. The van der Waals surface area contributed by atoms with Gasteiger partial charge in [-0.05, 0) is 62.1 Å². The molecule has 28 heavy (non-hydrogen) atoms. The number of benzene rings is 1. The van der Waals surface area contributed by atoms with Gasteiger partial charge >= 0.3 is 0 Å². The van der Waals surface area contributed by atoms with Gasteiger partial charge in [0.1, 0.15) is 6.04 Å². The first-order valence-electron chi connectivity index (χ1n) is 8.37. The van der Waals surface area contributed by atoms with Gasteiger partial charge in [0.25, 0.3) is 11.8 Å². The second-order valence-electron chi connectivity index (χ2n) is 6.52. The predicted molar refractivity (Wildman–Crippen MR) is 104 cm³/mol. The van der Waals surface area contributed by atoms with E-state index < -0.39 is 23.4 Å². The molecule has 7 nitrogen and oxygen atoms in total. The Labute approximate surface area is 163 Å². The van der Waals surface area contributed by atoms with Crippen LogP contribution in [-0.2, 0) is 4.79 Å². The van der Waals surface area contributed by atoms with E-state index in [0.29, 0.717) is 11.1 Å². The van der Waals surface area contributed by atoms with Crippen molar-refractivity contribution in [1.82, 2.24) is 15.8 Å². The van der Waals surface area contributed by atoms with E-state index >= 15 is 0 Å². The molecule has 2 amide bonds. The Morgan fingerprint density at radius 3 is 2.29 bits per heavy atom. The van der Waals surface area contributed by atoms with Gasteiger partial charge < -0.3 is 11.1 Å². The van der Waals surface area contributed by atoms with Crippen LogP contribution < -0.4 is 16.5 Å². The lowest BCUT2D eigenvalue weighted by Gasteiger charge is -2.29. The van der Waals surface area contributed by atoms with Crippen molar-refractivity contribution in [2.24, 2.45) is 5.73 Å². The minimum absolute atomic E-state index is 0.326. The Kier molecular flexibility index (Phi) is 6.89. The van der Waals surface area contributed by atoms with Gasteiger partial charge in [0.05, 0.1) is 0 Å². The molecule has 1 aromatic heterocycles. The Balaban J connectivity index is 2.06. The summed E-state index contributed by atoms with van der Waals surface area (Å²) in [4.78, 5) is 28.1. The fourth-order valence-corrected chi connectivity index (χ4v) is 2.22. The van der Waals surface area contributed by atoms with Crippen LogP contribution in [0.15, 0.2) is 48.8 Å². The SMILES string of the molecule is CC(C)(N)[C@H](NC(=O)c1ccc(C#CC#Cc2cccnc2)cc1)C(=O)NO. The molecular formula is C21H20N4O3. The van der Waals surface area contributed by atoms with Crippen LogP contribution in [0.25, 0.3) is 0 Å². The van der Waals surface area contributed by atoms with Crippen molar-refractivity contribution >= 4 is 11.8 Å². The maximum Gasteiger partial charge on any atom is 0.267 e. The van der Waals surface area contributed by atoms with Crippen LogP contribution >= 0.6 is 0 Å². The fraction of sp³-hybridized carbons (Fsp3) is 0.190. The number of carbonyl (C=O) groups excluding carboxylic acids is 2. The third-order valence-corrected chi connectivity index (χ3v) is 3.68. The molecule has 5 N–H and O–H groups in total. The molecule has 1 aromatic carbocycles. The topological polar surface area (TPSA) is 117 Å². The second-order valence-corrected chi connectivity index (χ2v) is 6.52. The highest BCUT2D eigenvalue weighted by atomic mass is 16.5. The Bertz CT molecular complexity index is 956. The van der Waals surface area contributed by atoms with Crippen molar-refractivity contribution in [3.8, 4) is 23.7 Å². The summed E-state index contributed by atoms with van der Waals surface area (Å²) < 4.78 is 0. The summed E-state index contributed by atoms with van der Waals surface area (Å²) in [6.45, 7) is 3.14. The highest BCUT2D eigenvalue weighted by Gasteiger charge is 2.33. The molecule has 0 aliphatic carbocycles. The van der Waals surface area contributed by atoms with Gasteiger partial charge in [-0.1, -0.05) is 11.8 Å². The molecule has 7 heteroatoms. The highest BCUT2D eigenvalue weighted by molar-refractivity contribution is 5.97. The van der Waals surface area contributed by atoms with E-state index in [-0.39, 0.29) is 0 Å². The van der Waals surface area contributed by atoms with Crippen molar-refractivity contribution in [3.05, 3.63) is 65.5 Å². The first-order valence-corrected chi connectivity index (χ1v) is 8.37. The van der Waals surface area contributed by atoms with Crippen LogP contribution in [0.3, 0.4) is 0 Å². The van der Waals surface area contributed by atoms with Crippen LogP contribution in [0.5, 0.6) is 0 Å². The molecule has 0 aliphatic heterocycles. The molecule has 142 valence electrons. The van der Waals surface area contributed by atoms with Crippen LogP contribution in [-0.4, -0.2) is 33.6 Å². The second kappa shape index (κ2) is 9.33. The number of pyridine rings is 1. The van der Waals surface area contributed by atoms with E-state index in [1.165, 1.54) is 5.48 Å². The summed E-state index contributed by atoms with van der Waals surface area (Å²) in [6.07, 6.45) is 3.32. The summed E-state index contributed by atoms with van der Waals surface area (Å²) >= 11 is 0. The molecule has 0 bridgehead atoms. The number of carbonyl (C=O) groups is 2. The minimum Gasteiger partial charge on any atom is -0.338 e. The number of nitrogens with zero attached hydrogens (tertiary/aromatic N) is 1. The molecule has 1 atom stereocenters. The molecule has 0 spiro atoms. The van der Waals surface area contributed by atoms with Crippen molar-refractivity contribution < 1.29 is 14.8 Å². The minimum atomic E-state index is -1.10. The Hall–Kier alpha value is -3.65. The van der Waals surface area contributed by atoms with E-state index in [1.807, 2.05) is 6.07 Å². The molecule has 0 saturated carbocycles. The molecule has 0 aliphatic rings. The monoisotopic (exact) mass is 376 g/mol. The summed E-state index contributed by atoms with van der Waals surface area (Å²) in [6, 6.07) is 9.01. The summed E-state index contributed by atoms with van der Waals surface area (Å²) in [5.41, 5.74) is 8.11. The standard InChI is InChI=1S/C21H20N4O3/c1-21(2,22)18(20(27)25-28)24-19(26)17-11-9-15(10-12-17)6-3-4-7-16-8-5-13-23-14-16/h5,8-14,18,28H,22H2,1-2H3,(H,24,26)(H,25,27)/t18-/m1/s1. The van der Waals surface area contributed by atoms with E-state index in [1.54, 1.807) is 56.6 Å². The number of amides is 2. The van der Waals surface area contributed by atoms with E-state index in [4.69, 9.17) is 10.9 Å². The number of hydrogen-bond acceptors (Lipinski definition) is 5. The van der Waals surface area contributed by atoms with Crippen LogP contribution in [0.2, 0.25) is 0 Å². The van der Waals surface area contributed by atoms with E-state index in [9.17, 15) is 9.59 Å². The largest absolute Gasteiger partial charge is 0.338 e. The Morgan fingerprint density at radius 2 is 1.75 bits per heavy atom. The molecule has 0 saturated heterocycles. The molecule has 2 rings (SSSR count). The maximum atomic E-state index is 12.4. The quantitative estimate of drug-likeness (QED) is 0.358. The lowest BCUT2D eigenvalue weighted by molar-refractivity contribution is -0.132. The van der Waals surface area contributed by atoms with Crippen molar-refractivity contribution in [2.45, 2.75) is 25.4 Å². The Morgan fingerprint density at radius 1 is 1.11 bits per heavy atom. The lowest BCUT2D eigenvalue weighted by atomic mass is 9.95. The average molecular weight is 376 g/mol. The van der Waals surface area contributed by atoms with Gasteiger partial charge in [0.2, 0.25) is 0 Å². The number of rotatable bonds is 4.